The van der Waals surface area contributed by atoms with Gasteiger partial charge in [0, 0.05) is 12.0 Å². The topological polar surface area (TPSA) is 64.9 Å². The van der Waals surface area contributed by atoms with Crippen molar-refractivity contribution < 1.29 is 4.74 Å². The van der Waals surface area contributed by atoms with E-state index >= 15 is 0 Å². The molecule has 0 atom stereocenters. The fourth-order valence-electron chi connectivity index (χ4n) is 2.74. The van der Waals surface area contributed by atoms with Crippen molar-refractivity contribution in [2.24, 2.45) is 0 Å². The number of fused-ring (bicyclic) bond motifs is 1. The first-order valence-electron chi connectivity index (χ1n) is 8.32. The number of benzene rings is 1. The summed E-state index contributed by atoms with van der Waals surface area (Å²) < 4.78 is 7.10. The Morgan fingerprint density at radius 3 is 2.54 bits per heavy atom. The molecule has 0 saturated heterocycles. The molecule has 1 fully saturated rings. The van der Waals surface area contributed by atoms with Gasteiger partial charge in [-0.25, -0.2) is 14.6 Å². The predicted octanol–water partition coefficient (Wildman–Crippen LogP) is 3.52. The summed E-state index contributed by atoms with van der Waals surface area (Å²) in [4.78, 5) is 9.54. The number of nitrogens with one attached hydrogen (secondary N) is 1. The first-order chi connectivity index (χ1) is 11.7. The fraction of sp³-hybridized carbons (Fsp3) is 0.389. The number of nitrogens with zero attached hydrogens (tertiary/aromatic N) is 4. The van der Waals surface area contributed by atoms with Crippen molar-refractivity contribution in [2.45, 2.75) is 38.6 Å². The second kappa shape index (κ2) is 5.78. The molecule has 0 aliphatic heterocycles. The number of rotatable bonds is 5. The van der Waals surface area contributed by atoms with E-state index in [1.165, 1.54) is 12.8 Å². The van der Waals surface area contributed by atoms with Crippen LogP contribution in [-0.2, 0) is 0 Å². The molecule has 0 radical (unpaired) electrons. The highest BCUT2D eigenvalue weighted by atomic mass is 16.5. The number of hydrogen-bond acceptors (Lipinski definition) is 5. The SMILES string of the molecule is COc1ccc(-n2ncc3c(NC(C)C)nc(C4CC4)nc32)cc1. The van der Waals surface area contributed by atoms with Gasteiger partial charge in [-0.15, -0.1) is 0 Å². The van der Waals surface area contributed by atoms with Gasteiger partial charge in [-0.2, -0.15) is 5.10 Å². The third kappa shape index (κ3) is 2.68. The van der Waals surface area contributed by atoms with E-state index in [2.05, 4.69) is 24.3 Å². The maximum Gasteiger partial charge on any atom is 0.168 e. The molecule has 0 amide bonds. The molecule has 124 valence electrons. The maximum absolute atomic E-state index is 5.23. The maximum atomic E-state index is 5.23. The van der Waals surface area contributed by atoms with Crippen LogP contribution in [-0.4, -0.2) is 32.9 Å². The smallest absolute Gasteiger partial charge is 0.168 e. The molecule has 0 unspecified atom stereocenters. The lowest BCUT2D eigenvalue weighted by Crippen LogP contribution is -2.13. The first kappa shape index (κ1) is 14.9. The second-order valence-corrected chi connectivity index (χ2v) is 6.50. The van der Waals surface area contributed by atoms with Gasteiger partial charge in [-0.05, 0) is 51.0 Å². The minimum Gasteiger partial charge on any atom is -0.497 e. The highest BCUT2D eigenvalue weighted by Crippen LogP contribution is 2.39. The van der Waals surface area contributed by atoms with Crippen LogP contribution in [0.15, 0.2) is 30.5 Å². The highest BCUT2D eigenvalue weighted by molar-refractivity contribution is 5.87. The van der Waals surface area contributed by atoms with E-state index < -0.39 is 0 Å². The summed E-state index contributed by atoms with van der Waals surface area (Å²) in [6.07, 6.45) is 4.17. The Kier molecular flexibility index (Phi) is 3.59. The molecular formula is C18H21N5O. The van der Waals surface area contributed by atoms with E-state index in [-0.39, 0.29) is 0 Å². The van der Waals surface area contributed by atoms with Crippen molar-refractivity contribution in [2.75, 3.05) is 12.4 Å². The van der Waals surface area contributed by atoms with Gasteiger partial charge in [-0.1, -0.05) is 0 Å². The van der Waals surface area contributed by atoms with Gasteiger partial charge in [0.05, 0.1) is 24.4 Å². The van der Waals surface area contributed by atoms with Crippen LogP contribution in [0.5, 0.6) is 5.75 Å². The summed E-state index contributed by atoms with van der Waals surface area (Å²) >= 11 is 0. The van der Waals surface area contributed by atoms with Gasteiger partial charge in [-0.3, -0.25) is 0 Å². The Balaban J connectivity index is 1.85. The highest BCUT2D eigenvalue weighted by Gasteiger charge is 2.28. The van der Waals surface area contributed by atoms with E-state index in [1.807, 2.05) is 35.1 Å². The first-order valence-corrected chi connectivity index (χ1v) is 8.32. The van der Waals surface area contributed by atoms with Crippen molar-refractivity contribution >= 4 is 16.9 Å². The number of ether oxygens (including phenoxy) is 1. The summed E-state index contributed by atoms with van der Waals surface area (Å²) in [5, 5.41) is 8.92. The van der Waals surface area contributed by atoms with E-state index in [0.29, 0.717) is 12.0 Å². The molecule has 0 bridgehead atoms. The van der Waals surface area contributed by atoms with Crippen LogP contribution in [0.1, 0.15) is 38.4 Å². The third-order valence-electron chi connectivity index (χ3n) is 4.13. The molecule has 1 aliphatic rings. The molecule has 24 heavy (non-hydrogen) atoms. The Morgan fingerprint density at radius 1 is 1.17 bits per heavy atom. The lowest BCUT2D eigenvalue weighted by molar-refractivity contribution is 0.414. The summed E-state index contributed by atoms with van der Waals surface area (Å²) in [6, 6.07) is 8.14. The van der Waals surface area contributed by atoms with E-state index in [4.69, 9.17) is 14.7 Å². The van der Waals surface area contributed by atoms with Gasteiger partial charge >= 0.3 is 0 Å². The summed E-state index contributed by atoms with van der Waals surface area (Å²) in [6.45, 7) is 4.22. The Labute approximate surface area is 140 Å². The van der Waals surface area contributed by atoms with Gasteiger partial charge in [0.1, 0.15) is 17.4 Å². The third-order valence-corrected chi connectivity index (χ3v) is 4.13. The minimum absolute atomic E-state index is 0.305. The number of anilines is 1. The fourth-order valence-corrected chi connectivity index (χ4v) is 2.74. The largest absolute Gasteiger partial charge is 0.497 e. The van der Waals surface area contributed by atoms with E-state index in [9.17, 15) is 0 Å². The van der Waals surface area contributed by atoms with Gasteiger partial charge in [0.25, 0.3) is 0 Å². The lowest BCUT2D eigenvalue weighted by atomic mass is 10.3. The summed E-state index contributed by atoms with van der Waals surface area (Å²) in [5.74, 6) is 3.10. The zero-order chi connectivity index (χ0) is 16.7. The Morgan fingerprint density at radius 2 is 1.92 bits per heavy atom. The van der Waals surface area contributed by atoms with E-state index in [1.54, 1.807) is 7.11 Å². The molecule has 1 aromatic carbocycles. The molecule has 1 N–H and O–H groups in total. The van der Waals surface area contributed by atoms with Crippen molar-refractivity contribution in [3.05, 3.63) is 36.3 Å². The Hall–Kier alpha value is -2.63. The van der Waals surface area contributed by atoms with Gasteiger partial charge in [0.15, 0.2) is 5.65 Å². The Bertz CT molecular complexity index is 865. The summed E-state index contributed by atoms with van der Waals surface area (Å²) in [7, 11) is 1.66. The standard InChI is InChI=1S/C18H21N5O/c1-11(2)20-17-15-10-19-23(13-6-8-14(24-3)9-7-13)18(15)22-16(21-17)12-4-5-12/h6-12H,4-5H2,1-3H3,(H,20,21,22). The van der Waals surface area contributed by atoms with Crippen LogP contribution < -0.4 is 10.1 Å². The van der Waals surface area contributed by atoms with Crippen molar-refractivity contribution in [3.63, 3.8) is 0 Å². The van der Waals surface area contributed by atoms with Gasteiger partial charge in [0.2, 0.25) is 0 Å². The van der Waals surface area contributed by atoms with E-state index in [0.717, 1.165) is 34.1 Å². The van der Waals surface area contributed by atoms with Crippen LogP contribution in [0.25, 0.3) is 16.7 Å². The zero-order valence-corrected chi connectivity index (χ0v) is 14.2. The molecular weight excluding hydrogens is 302 g/mol. The van der Waals surface area contributed by atoms with Crippen LogP contribution in [0, 0.1) is 0 Å². The molecule has 6 nitrogen and oxygen atoms in total. The van der Waals surface area contributed by atoms with Crippen LogP contribution in [0.3, 0.4) is 0 Å². The molecule has 2 heterocycles. The molecule has 1 aliphatic carbocycles. The van der Waals surface area contributed by atoms with Crippen LogP contribution in [0.2, 0.25) is 0 Å². The molecule has 0 spiro atoms. The molecule has 2 aromatic heterocycles. The zero-order valence-electron chi connectivity index (χ0n) is 14.2. The average Bonchev–Trinajstić information content (AvgIpc) is 3.34. The molecule has 3 aromatic rings. The normalized spacial score (nSPS) is 14.3. The minimum atomic E-state index is 0.305. The summed E-state index contributed by atoms with van der Waals surface area (Å²) in [5.41, 5.74) is 1.81. The second-order valence-electron chi connectivity index (χ2n) is 6.50. The quantitative estimate of drug-likeness (QED) is 0.778. The average molecular weight is 323 g/mol. The van der Waals surface area contributed by atoms with Crippen molar-refractivity contribution in [3.8, 4) is 11.4 Å². The van der Waals surface area contributed by atoms with Crippen LogP contribution >= 0.6 is 0 Å². The molecule has 4 rings (SSSR count). The number of hydrogen-bond donors (Lipinski definition) is 1. The van der Waals surface area contributed by atoms with Gasteiger partial charge < -0.3 is 10.1 Å². The number of methoxy groups -OCH3 is 1. The number of aromatic nitrogens is 4. The van der Waals surface area contributed by atoms with Crippen molar-refractivity contribution in [1.82, 2.24) is 19.7 Å². The monoisotopic (exact) mass is 323 g/mol. The lowest BCUT2D eigenvalue weighted by Gasteiger charge is -2.12. The van der Waals surface area contributed by atoms with Crippen molar-refractivity contribution in [1.29, 1.82) is 0 Å². The van der Waals surface area contributed by atoms with Crippen LogP contribution in [0.4, 0.5) is 5.82 Å². The molecule has 1 saturated carbocycles. The predicted molar refractivity (Wildman–Crippen MR) is 93.9 cm³/mol. The molecule has 6 heteroatoms.